The number of likely N-dealkylation sites (tertiary alicyclic amines) is 1. The van der Waals surface area contributed by atoms with Gasteiger partial charge in [-0.3, -0.25) is 4.79 Å². The van der Waals surface area contributed by atoms with E-state index in [0.29, 0.717) is 6.54 Å². The summed E-state index contributed by atoms with van der Waals surface area (Å²) >= 11 is 0. The molecule has 1 atom stereocenters. The molecule has 1 amide bonds. The van der Waals surface area contributed by atoms with Gasteiger partial charge in [-0.05, 0) is 43.9 Å². The van der Waals surface area contributed by atoms with Crippen LogP contribution in [0.15, 0.2) is 30.6 Å². The molecule has 1 unspecified atom stereocenters. The Hall–Kier alpha value is -2.71. The summed E-state index contributed by atoms with van der Waals surface area (Å²) in [7, 11) is 0. The van der Waals surface area contributed by atoms with Gasteiger partial charge in [-0.1, -0.05) is 6.42 Å². The van der Waals surface area contributed by atoms with E-state index in [9.17, 15) is 18.0 Å². The number of carbonyl (C=O) groups excluding carboxylic acids is 1. The zero-order valence-electron chi connectivity index (χ0n) is 15.8. The van der Waals surface area contributed by atoms with Gasteiger partial charge in [0.1, 0.15) is 5.82 Å². The first-order chi connectivity index (χ1) is 13.9. The third-order valence-corrected chi connectivity index (χ3v) is 5.63. The van der Waals surface area contributed by atoms with E-state index in [2.05, 4.69) is 20.3 Å². The Morgan fingerprint density at radius 1 is 1.10 bits per heavy atom. The quantitative estimate of drug-likeness (QED) is 0.828. The fourth-order valence-corrected chi connectivity index (χ4v) is 3.83. The maximum atomic E-state index is 13.2. The molecule has 0 bridgehead atoms. The van der Waals surface area contributed by atoms with Gasteiger partial charge in [0, 0.05) is 37.3 Å². The lowest BCUT2D eigenvalue weighted by molar-refractivity contribution is -0.139. The predicted molar refractivity (Wildman–Crippen MR) is 100 cm³/mol. The molecule has 2 aromatic heterocycles. The van der Waals surface area contributed by atoms with Crippen molar-refractivity contribution in [2.75, 3.05) is 18.4 Å². The molecule has 3 heterocycles. The minimum absolute atomic E-state index is 0.0437. The van der Waals surface area contributed by atoms with E-state index in [4.69, 9.17) is 0 Å². The van der Waals surface area contributed by atoms with E-state index < -0.39 is 11.7 Å². The fraction of sp³-hybridized carbons (Fsp3) is 0.500. The van der Waals surface area contributed by atoms with Crippen LogP contribution in [-0.4, -0.2) is 38.8 Å². The number of halogens is 3. The average Bonchev–Trinajstić information content (AvgIpc) is 2.66. The third kappa shape index (κ3) is 4.33. The van der Waals surface area contributed by atoms with Crippen LogP contribution < -0.4 is 5.32 Å². The molecule has 4 rings (SSSR count). The van der Waals surface area contributed by atoms with Gasteiger partial charge in [-0.25, -0.2) is 15.0 Å². The molecular weight excluding hydrogens is 383 g/mol. The lowest BCUT2D eigenvalue weighted by Gasteiger charge is -2.37. The summed E-state index contributed by atoms with van der Waals surface area (Å²) in [6.07, 6.45) is 3.08. The van der Waals surface area contributed by atoms with Gasteiger partial charge in [-0.15, -0.1) is 0 Å². The second-order valence-electron chi connectivity index (χ2n) is 7.58. The minimum Gasteiger partial charge on any atom is -0.342 e. The molecule has 154 valence electrons. The van der Waals surface area contributed by atoms with Crippen molar-refractivity contribution in [2.24, 2.45) is 5.92 Å². The molecular formula is C20H22F3N5O. The van der Waals surface area contributed by atoms with Crippen molar-refractivity contribution in [3.63, 3.8) is 0 Å². The number of amides is 1. The third-order valence-electron chi connectivity index (χ3n) is 5.63. The van der Waals surface area contributed by atoms with Crippen molar-refractivity contribution in [1.29, 1.82) is 0 Å². The van der Waals surface area contributed by atoms with Gasteiger partial charge >= 0.3 is 6.18 Å². The van der Waals surface area contributed by atoms with Crippen molar-refractivity contribution in [3.8, 4) is 0 Å². The fourth-order valence-electron chi connectivity index (χ4n) is 3.83. The molecule has 1 N–H and O–H groups in total. The van der Waals surface area contributed by atoms with Crippen LogP contribution in [0.4, 0.5) is 24.9 Å². The second-order valence-corrected chi connectivity index (χ2v) is 7.58. The normalized spacial score (nSPS) is 20.2. The summed E-state index contributed by atoms with van der Waals surface area (Å²) in [5, 5.41) is 2.60. The molecule has 6 nitrogen and oxygen atoms in total. The van der Waals surface area contributed by atoms with E-state index in [1.165, 1.54) is 18.5 Å². The highest BCUT2D eigenvalue weighted by molar-refractivity contribution is 5.79. The molecule has 1 saturated heterocycles. The second kappa shape index (κ2) is 7.96. The van der Waals surface area contributed by atoms with Gasteiger partial charge in [0.05, 0.1) is 11.3 Å². The van der Waals surface area contributed by atoms with Crippen LogP contribution in [0.25, 0.3) is 0 Å². The molecule has 2 aromatic rings. The van der Waals surface area contributed by atoms with Crippen LogP contribution in [-0.2, 0) is 11.0 Å². The van der Waals surface area contributed by atoms with Crippen LogP contribution >= 0.6 is 0 Å². The number of piperidine rings is 1. The number of hydrogen-bond donors (Lipinski definition) is 1. The first kappa shape index (κ1) is 19.6. The first-order valence-corrected chi connectivity index (χ1v) is 9.83. The zero-order chi connectivity index (χ0) is 20.4. The molecule has 0 spiro atoms. The maximum absolute atomic E-state index is 13.2. The average molecular weight is 405 g/mol. The molecule has 0 aromatic carbocycles. The maximum Gasteiger partial charge on any atom is 0.419 e. The first-order valence-electron chi connectivity index (χ1n) is 9.83. The molecule has 9 heteroatoms. The van der Waals surface area contributed by atoms with Crippen LogP contribution in [0.3, 0.4) is 0 Å². The standard InChI is InChI=1S/C20H22F3N5O/c21-20(22,23)15-7-2-9-24-17(15)27-19-25-10-8-16(26-19)14-6-3-11-28(12-14)18(29)13-4-1-5-13/h2,7-10,13-14H,1,3-6,11-12H2,(H,24,25,26,27). The molecule has 1 aliphatic heterocycles. The molecule has 2 fully saturated rings. The number of hydrogen-bond acceptors (Lipinski definition) is 5. The smallest absolute Gasteiger partial charge is 0.342 e. The Bertz CT molecular complexity index is 884. The number of pyridine rings is 1. The SMILES string of the molecule is O=C(C1CCC1)N1CCCC(c2ccnc(Nc3ncccc3C(F)(F)F)n2)C1. The minimum atomic E-state index is -4.53. The summed E-state index contributed by atoms with van der Waals surface area (Å²) < 4.78 is 39.5. The highest BCUT2D eigenvalue weighted by atomic mass is 19.4. The lowest BCUT2D eigenvalue weighted by Crippen LogP contribution is -2.44. The summed E-state index contributed by atoms with van der Waals surface area (Å²) in [5.74, 6) is 0.150. The van der Waals surface area contributed by atoms with Gasteiger partial charge < -0.3 is 10.2 Å². The zero-order valence-corrected chi connectivity index (χ0v) is 15.8. The summed E-state index contributed by atoms with van der Waals surface area (Å²) in [6.45, 7) is 1.34. The van der Waals surface area contributed by atoms with Crippen LogP contribution in [0.2, 0.25) is 0 Å². The number of rotatable bonds is 4. The monoisotopic (exact) mass is 405 g/mol. The Labute approximate surface area is 166 Å². The van der Waals surface area contributed by atoms with Crippen molar-refractivity contribution in [2.45, 2.75) is 44.2 Å². The number of anilines is 2. The Balaban J connectivity index is 1.50. The van der Waals surface area contributed by atoms with Gasteiger partial charge in [0.25, 0.3) is 0 Å². The van der Waals surface area contributed by atoms with E-state index in [1.807, 2.05) is 4.90 Å². The van der Waals surface area contributed by atoms with Crippen molar-refractivity contribution in [1.82, 2.24) is 19.9 Å². The number of nitrogens with one attached hydrogen (secondary N) is 1. The Kier molecular flexibility index (Phi) is 5.38. The largest absolute Gasteiger partial charge is 0.419 e. The molecule has 1 aliphatic carbocycles. The Morgan fingerprint density at radius 2 is 1.93 bits per heavy atom. The highest BCUT2D eigenvalue weighted by Crippen LogP contribution is 2.35. The lowest BCUT2D eigenvalue weighted by atomic mass is 9.83. The van der Waals surface area contributed by atoms with Crippen molar-refractivity contribution >= 4 is 17.7 Å². The van der Waals surface area contributed by atoms with Crippen LogP contribution in [0.1, 0.15) is 49.3 Å². The van der Waals surface area contributed by atoms with E-state index in [-0.39, 0.29) is 29.5 Å². The Morgan fingerprint density at radius 3 is 2.66 bits per heavy atom. The van der Waals surface area contributed by atoms with Gasteiger partial charge in [-0.2, -0.15) is 13.2 Å². The van der Waals surface area contributed by atoms with Gasteiger partial charge in [0.2, 0.25) is 11.9 Å². The van der Waals surface area contributed by atoms with Crippen LogP contribution in [0, 0.1) is 5.92 Å². The highest BCUT2D eigenvalue weighted by Gasteiger charge is 2.35. The van der Waals surface area contributed by atoms with Crippen molar-refractivity contribution in [3.05, 3.63) is 41.9 Å². The van der Waals surface area contributed by atoms with E-state index in [0.717, 1.165) is 50.4 Å². The molecule has 1 saturated carbocycles. The summed E-state index contributed by atoms with van der Waals surface area (Å²) in [6, 6.07) is 3.96. The molecule has 29 heavy (non-hydrogen) atoms. The van der Waals surface area contributed by atoms with E-state index in [1.54, 1.807) is 6.07 Å². The van der Waals surface area contributed by atoms with E-state index >= 15 is 0 Å². The number of alkyl halides is 3. The van der Waals surface area contributed by atoms with Crippen molar-refractivity contribution < 1.29 is 18.0 Å². The number of aromatic nitrogens is 3. The summed E-state index contributed by atoms with van der Waals surface area (Å²) in [4.78, 5) is 26.7. The number of nitrogens with zero attached hydrogens (tertiary/aromatic N) is 4. The molecule has 0 radical (unpaired) electrons. The van der Waals surface area contributed by atoms with Crippen LogP contribution in [0.5, 0.6) is 0 Å². The predicted octanol–water partition coefficient (Wildman–Crippen LogP) is 4.14. The molecule has 2 aliphatic rings. The van der Waals surface area contributed by atoms with Gasteiger partial charge in [0.15, 0.2) is 0 Å². The topological polar surface area (TPSA) is 71.0 Å². The summed E-state index contributed by atoms with van der Waals surface area (Å²) in [5.41, 5.74) is -0.151. The number of carbonyl (C=O) groups is 1.